The molecule has 0 aromatic carbocycles. The Bertz CT molecular complexity index is 640. The first-order chi connectivity index (χ1) is 9.65. The first kappa shape index (κ1) is 13.3. The maximum Gasteiger partial charge on any atom is 0.303 e. The minimum absolute atomic E-state index is 0.215. The first-order valence-corrected chi connectivity index (χ1v) is 7.68. The predicted molar refractivity (Wildman–Crippen MR) is 79.3 cm³/mol. The molecule has 0 amide bonds. The number of aryl methyl sites for hydroxylation is 1. The van der Waals surface area contributed by atoms with Gasteiger partial charge in [-0.2, -0.15) is 0 Å². The van der Waals surface area contributed by atoms with Gasteiger partial charge in [0.15, 0.2) is 0 Å². The van der Waals surface area contributed by atoms with E-state index in [0.29, 0.717) is 0 Å². The van der Waals surface area contributed by atoms with Gasteiger partial charge in [0.05, 0.1) is 10.2 Å². The molecule has 2 aromatic heterocycles. The molecule has 3 rings (SSSR count). The summed E-state index contributed by atoms with van der Waals surface area (Å²) in [6.07, 6.45) is 3.86. The van der Waals surface area contributed by atoms with Crippen LogP contribution in [0.1, 0.15) is 24.8 Å². The van der Waals surface area contributed by atoms with Gasteiger partial charge in [-0.3, -0.25) is 4.79 Å². The van der Waals surface area contributed by atoms with Gasteiger partial charge in [0, 0.05) is 19.5 Å². The van der Waals surface area contributed by atoms with Crippen LogP contribution in [-0.2, 0) is 4.79 Å². The number of carboxylic acid groups (broad SMARTS) is 1. The average Bonchev–Trinajstić information content (AvgIpc) is 2.80. The second kappa shape index (κ2) is 5.36. The molecule has 0 spiro atoms. The number of fused-ring (bicyclic) bond motifs is 1. The number of anilines is 1. The van der Waals surface area contributed by atoms with Gasteiger partial charge in [0.25, 0.3) is 0 Å². The quantitative estimate of drug-likeness (QED) is 0.941. The molecular formula is C14H17N3O2S. The zero-order valence-electron chi connectivity index (χ0n) is 11.4. The van der Waals surface area contributed by atoms with Crippen LogP contribution in [0.15, 0.2) is 11.7 Å². The van der Waals surface area contributed by atoms with Gasteiger partial charge in [0.2, 0.25) is 0 Å². The van der Waals surface area contributed by atoms with Gasteiger partial charge in [-0.05, 0) is 36.6 Å². The maximum atomic E-state index is 10.9. The third-order valence-electron chi connectivity index (χ3n) is 3.79. The molecule has 6 heteroatoms. The van der Waals surface area contributed by atoms with Gasteiger partial charge in [0.1, 0.15) is 12.1 Å². The van der Waals surface area contributed by atoms with Crippen LogP contribution < -0.4 is 4.90 Å². The van der Waals surface area contributed by atoms with Crippen molar-refractivity contribution in [3.63, 3.8) is 0 Å². The van der Waals surface area contributed by atoms with Gasteiger partial charge in [-0.25, -0.2) is 9.97 Å². The van der Waals surface area contributed by atoms with Crippen molar-refractivity contribution in [2.45, 2.75) is 26.2 Å². The maximum absolute atomic E-state index is 10.9. The average molecular weight is 291 g/mol. The third-order valence-corrected chi connectivity index (χ3v) is 4.88. The van der Waals surface area contributed by atoms with E-state index in [1.807, 2.05) is 0 Å². The van der Waals surface area contributed by atoms with E-state index in [-0.39, 0.29) is 12.3 Å². The van der Waals surface area contributed by atoms with Crippen LogP contribution in [0, 0.1) is 12.8 Å². The van der Waals surface area contributed by atoms with E-state index in [2.05, 4.69) is 27.2 Å². The molecule has 20 heavy (non-hydrogen) atoms. The van der Waals surface area contributed by atoms with Gasteiger partial charge < -0.3 is 10.0 Å². The fourth-order valence-corrected chi connectivity index (χ4v) is 3.87. The summed E-state index contributed by atoms with van der Waals surface area (Å²) in [4.78, 5) is 21.9. The highest BCUT2D eigenvalue weighted by Gasteiger charge is 2.24. The molecule has 106 valence electrons. The monoisotopic (exact) mass is 291 g/mol. The SMILES string of the molecule is Cc1csc2c(N3CCCC(CC(=O)O)C3)ncnc12. The molecule has 1 atom stereocenters. The van der Waals surface area contributed by atoms with Gasteiger partial charge in [-0.1, -0.05) is 0 Å². The topological polar surface area (TPSA) is 66.3 Å². The van der Waals surface area contributed by atoms with Crippen LogP contribution in [0.3, 0.4) is 0 Å². The summed E-state index contributed by atoms with van der Waals surface area (Å²) >= 11 is 1.67. The highest BCUT2D eigenvalue weighted by atomic mass is 32.1. The molecule has 1 unspecified atom stereocenters. The molecule has 5 nitrogen and oxygen atoms in total. The number of piperidine rings is 1. The third kappa shape index (κ3) is 2.47. The molecule has 1 fully saturated rings. The number of aromatic nitrogens is 2. The first-order valence-electron chi connectivity index (χ1n) is 6.80. The Morgan fingerprint density at radius 1 is 1.55 bits per heavy atom. The van der Waals surface area contributed by atoms with E-state index in [1.54, 1.807) is 17.7 Å². The second-order valence-corrected chi connectivity index (χ2v) is 6.23. The van der Waals surface area contributed by atoms with Crippen LogP contribution in [0.2, 0.25) is 0 Å². The summed E-state index contributed by atoms with van der Waals surface area (Å²) in [7, 11) is 0. The molecule has 1 aliphatic heterocycles. The van der Waals surface area contributed by atoms with Crippen molar-refractivity contribution in [1.29, 1.82) is 0 Å². The molecule has 2 aromatic rings. The van der Waals surface area contributed by atoms with Crippen molar-refractivity contribution in [1.82, 2.24) is 9.97 Å². The zero-order valence-corrected chi connectivity index (χ0v) is 12.2. The smallest absolute Gasteiger partial charge is 0.303 e. The lowest BCUT2D eigenvalue weighted by Crippen LogP contribution is -2.36. The Kier molecular flexibility index (Phi) is 3.56. The zero-order chi connectivity index (χ0) is 14.1. The Morgan fingerprint density at radius 3 is 3.20 bits per heavy atom. The Balaban J connectivity index is 1.88. The number of hydrogen-bond acceptors (Lipinski definition) is 5. The van der Waals surface area contributed by atoms with Gasteiger partial charge in [-0.15, -0.1) is 11.3 Å². The van der Waals surface area contributed by atoms with Crippen molar-refractivity contribution in [2.75, 3.05) is 18.0 Å². The van der Waals surface area contributed by atoms with Crippen molar-refractivity contribution in [3.05, 3.63) is 17.3 Å². The van der Waals surface area contributed by atoms with Crippen LogP contribution in [-0.4, -0.2) is 34.1 Å². The number of nitrogens with zero attached hydrogens (tertiary/aromatic N) is 3. The lowest BCUT2D eigenvalue weighted by molar-refractivity contribution is -0.138. The van der Waals surface area contributed by atoms with Crippen molar-refractivity contribution < 1.29 is 9.90 Å². The predicted octanol–water partition coefficient (Wildman–Crippen LogP) is 2.69. The lowest BCUT2D eigenvalue weighted by atomic mass is 9.95. The van der Waals surface area contributed by atoms with Crippen molar-refractivity contribution >= 4 is 33.3 Å². The normalized spacial score (nSPS) is 19.4. The summed E-state index contributed by atoms with van der Waals surface area (Å²) in [6.45, 7) is 3.77. The summed E-state index contributed by atoms with van der Waals surface area (Å²) in [5.41, 5.74) is 2.19. The lowest BCUT2D eigenvalue weighted by Gasteiger charge is -2.33. The molecule has 0 radical (unpaired) electrons. The number of rotatable bonds is 3. The summed E-state index contributed by atoms with van der Waals surface area (Å²) < 4.78 is 1.11. The molecule has 1 N–H and O–H groups in total. The van der Waals surface area contributed by atoms with Crippen molar-refractivity contribution in [2.24, 2.45) is 5.92 Å². The number of aliphatic carboxylic acids is 1. The highest BCUT2D eigenvalue weighted by molar-refractivity contribution is 7.18. The van der Waals surface area contributed by atoms with E-state index >= 15 is 0 Å². The number of carboxylic acids is 1. The van der Waals surface area contributed by atoms with Gasteiger partial charge >= 0.3 is 5.97 Å². The molecule has 0 saturated carbocycles. The summed E-state index contributed by atoms with van der Waals surface area (Å²) in [6, 6.07) is 0. The van der Waals surface area contributed by atoms with E-state index in [4.69, 9.17) is 5.11 Å². The Morgan fingerprint density at radius 2 is 2.40 bits per heavy atom. The van der Waals surface area contributed by atoms with Crippen molar-refractivity contribution in [3.8, 4) is 0 Å². The van der Waals surface area contributed by atoms with Crippen LogP contribution in [0.5, 0.6) is 0 Å². The number of carbonyl (C=O) groups is 1. The summed E-state index contributed by atoms with van der Waals surface area (Å²) in [5, 5.41) is 11.1. The minimum atomic E-state index is -0.711. The fourth-order valence-electron chi connectivity index (χ4n) is 2.85. The van der Waals surface area contributed by atoms with Crippen LogP contribution in [0.4, 0.5) is 5.82 Å². The van der Waals surface area contributed by atoms with E-state index in [9.17, 15) is 4.79 Å². The molecule has 3 heterocycles. The number of hydrogen-bond donors (Lipinski definition) is 1. The van der Waals surface area contributed by atoms with Crippen LogP contribution >= 0.6 is 11.3 Å². The standard InChI is InChI=1S/C14H17N3O2S/c1-9-7-20-13-12(9)15-8-16-14(13)17-4-2-3-10(6-17)5-11(18)19/h7-8,10H,2-6H2,1H3,(H,18,19). The Hall–Kier alpha value is -1.69. The molecule has 0 aliphatic carbocycles. The van der Waals surface area contributed by atoms with E-state index in [0.717, 1.165) is 42.0 Å². The minimum Gasteiger partial charge on any atom is -0.481 e. The van der Waals surface area contributed by atoms with E-state index in [1.165, 1.54) is 5.56 Å². The molecule has 0 bridgehead atoms. The second-order valence-electron chi connectivity index (χ2n) is 5.35. The van der Waals surface area contributed by atoms with Crippen LogP contribution in [0.25, 0.3) is 10.2 Å². The number of thiophene rings is 1. The largest absolute Gasteiger partial charge is 0.481 e. The molecule has 1 saturated heterocycles. The highest BCUT2D eigenvalue weighted by Crippen LogP contribution is 2.33. The Labute approximate surface area is 121 Å². The summed E-state index contributed by atoms with van der Waals surface area (Å²) in [5.74, 6) is 0.465. The fraction of sp³-hybridized carbons (Fsp3) is 0.500. The molecular weight excluding hydrogens is 274 g/mol. The van der Waals surface area contributed by atoms with E-state index < -0.39 is 5.97 Å². The molecule has 1 aliphatic rings.